The molecule has 1 atom stereocenters. The summed E-state index contributed by atoms with van der Waals surface area (Å²) in [6, 6.07) is 4.43. The minimum atomic E-state index is -4.49. The summed E-state index contributed by atoms with van der Waals surface area (Å²) in [5, 5.41) is 0.0865. The number of benzene rings is 1. The normalized spacial score (nSPS) is 16.6. The van der Waals surface area contributed by atoms with E-state index in [2.05, 4.69) is 9.71 Å². The van der Waals surface area contributed by atoms with E-state index in [0.29, 0.717) is 12.2 Å². The molecule has 1 amide bonds. The summed E-state index contributed by atoms with van der Waals surface area (Å²) in [6.07, 6.45) is -0.104. The van der Waals surface area contributed by atoms with Crippen LogP contribution < -0.4 is 14.4 Å². The van der Waals surface area contributed by atoms with Gasteiger partial charge in [0.05, 0.1) is 28.5 Å². The van der Waals surface area contributed by atoms with Crippen LogP contribution in [0.4, 0.5) is 23.2 Å². The first-order chi connectivity index (χ1) is 14.2. The lowest BCUT2D eigenvalue weighted by molar-refractivity contribution is -0.141. The molecule has 3 rings (SSSR count). The maximum absolute atomic E-state index is 14.3. The summed E-state index contributed by atoms with van der Waals surface area (Å²) in [7, 11) is 0. The maximum atomic E-state index is 14.3. The first-order valence-electron chi connectivity index (χ1n) is 8.95. The van der Waals surface area contributed by atoms with Gasteiger partial charge in [0, 0.05) is 18.9 Å². The molecule has 0 aliphatic carbocycles. The van der Waals surface area contributed by atoms with Crippen LogP contribution in [-0.2, 0) is 6.18 Å². The average molecular weight is 464 g/mol. The number of rotatable bonds is 6. The average Bonchev–Trinajstić information content (AvgIpc) is 3.16. The number of alkyl halides is 3. The highest BCUT2D eigenvalue weighted by molar-refractivity contribution is 7.97. The van der Waals surface area contributed by atoms with Crippen molar-refractivity contribution in [3.8, 4) is 5.75 Å². The van der Waals surface area contributed by atoms with Gasteiger partial charge in [-0.3, -0.25) is 9.52 Å². The Kier molecular flexibility index (Phi) is 6.97. The van der Waals surface area contributed by atoms with Crippen LogP contribution in [0, 0.1) is 5.82 Å². The van der Waals surface area contributed by atoms with Crippen LogP contribution in [0.2, 0.25) is 5.02 Å². The number of halogens is 5. The maximum Gasteiger partial charge on any atom is 0.433 e. The fourth-order valence-corrected chi connectivity index (χ4v) is 3.73. The van der Waals surface area contributed by atoms with Crippen molar-refractivity contribution in [3.05, 3.63) is 52.6 Å². The Labute approximate surface area is 179 Å². The van der Waals surface area contributed by atoms with Crippen molar-refractivity contribution in [3.63, 3.8) is 0 Å². The van der Waals surface area contributed by atoms with E-state index in [1.54, 1.807) is 6.26 Å². The summed E-state index contributed by atoms with van der Waals surface area (Å²) in [5.41, 5.74) is -0.596. The zero-order valence-corrected chi connectivity index (χ0v) is 17.4. The van der Waals surface area contributed by atoms with Crippen LogP contribution in [0.5, 0.6) is 5.75 Å². The van der Waals surface area contributed by atoms with Gasteiger partial charge in [-0.1, -0.05) is 23.5 Å². The molecule has 0 radical (unpaired) electrons. The molecule has 1 aromatic carbocycles. The van der Waals surface area contributed by atoms with Gasteiger partial charge in [-0.2, -0.15) is 13.2 Å². The lowest BCUT2D eigenvalue weighted by atomic mass is 10.2. The van der Waals surface area contributed by atoms with Gasteiger partial charge in [0.2, 0.25) is 0 Å². The van der Waals surface area contributed by atoms with Gasteiger partial charge in [0.1, 0.15) is 23.9 Å². The molecule has 162 valence electrons. The molecule has 1 aliphatic heterocycles. The number of pyridine rings is 1. The third-order valence-electron chi connectivity index (χ3n) is 4.64. The second-order valence-corrected chi connectivity index (χ2v) is 7.62. The second kappa shape index (κ2) is 9.30. The zero-order valence-electron chi connectivity index (χ0n) is 15.8. The fourth-order valence-electron chi connectivity index (χ4n) is 3.22. The zero-order chi connectivity index (χ0) is 21.9. The van der Waals surface area contributed by atoms with Crippen molar-refractivity contribution in [2.75, 3.05) is 24.3 Å². The molecule has 1 unspecified atom stereocenters. The van der Waals surface area contributed by atoms with Crippen LogP contribution >= 0.6 is 23.5 Å². The van der Waals surface area contributed by atoms with Crippen LogP contribution in [-0.4, -0.2) is 36.3 Å². The Morgan fingerprint density at radius 1 is 1.40 bits per heavy atom. The van der Waals surface area contributed by atoms with Crippen molar-refractivity contribution in [1.29, 1.82) is 0 Å². The molecule has 5 nitrogen and oxygen atoms in total. The minimum Gasteiger partial charge on any atom is -0.490 e. The van der Waals surface area contributed by atoms with Crippen molar-refractivity contribution < 1.29 is 27.1 Å². The van der Waals surface area contributed by atoms with E-state index < -0.39 is 23.6 Å². The van der Waals surface area contributed by atoms with Crippen molar-refractivity contribution in [2.45, 2.75) is 25.1 Å². The number of hydrogen-bond donors (Lipinski definition) is 1. The van der Waals surface area contributed by atoms with Crippen LogP contribution in [0.25, 0.3) is 0 Å². The Morgan fingerprint density at radius 3 is 2.80 bits per heavy atom. The standard InChI is InChI=1S/C19H18ClF4N3O2S/c1-30-26-18(28)13-7-14(20)16(8-15(13)21)29-10-12-3-2-6-27(12)11-4-5-17(25-9-11)19(22,23)24/h4-5,7-9,12H,2-3,6,10H2,1H3,(H,26,28). The van der Waals surface area contributed by atoms with E-state index in [1.165, 1.54) is 18.3 Å². The Morgan fingerprint density at radius 2 is 2.17 bits per heavy atom. The smallest absolute Gasteiger partial charge is 0.433 e. The van der Waals surface area contributed by atoms with Gasteiger partial charge < -0.3 is 9.64 Å². The molecular formula is C19H18ClF4N3O2S. The van der Waals surface area contributed by atoms with E-state index in [0.717, 1.165) is 36.9 Å². The first kappa shape index (κ1) is 22.5. The number of anilines is 1. The molecule has 11 heteroatoms. The molecule has 1 aliphatic rings. The number of carbonyl (C=O) groups is 1. The Hall–Kier alpha value is -2.20. The molecule has 1 fully saturated rings. The molecular weight excluding hydrogens is 446 g/mol. The monoisotopic (exact) mass is 463 g/mol. The van der Waals surface area contributed by atoms with Gasteiger partial charge in [0.25, 0.3) is 5.91 Å². The fraction of sp³-hybridized carbons (Fsp3) is 0.368. The molecule has 30 heavy (non-hydrogen) atoms. The predicted molar refractivity (Wildman–Crippen MR) is 107 cm³/mol. The predicted octanol–water partition coefficient (Wildman–Crippen LogP) is 4.95. The van der Waals surface area contributed by atoms with E-state index in [1.807, 2.05) is 4.90 Å². The second-order valence-electron chi connectivity index (χ2n) is 6.60. The third kappa shape index (κ3) is 5.10. The van der Waals surface area contributed by atoms with E-state index in [9.17, 15) is 22.4 Å². The summed E-state index contributed by atoms with van der Waals surface area (Å²) >= 11 is 7.17. The summed E-state index contributed by atoms with van der Waals surface area (Å²) < 4.78 is 60.5. The molecule has 1 aromatic heterocycles. The quantitative estimate of drug-likeness (QED) is 0.485. The summed E-state index contributed by atoms with van der Waals surface area (Å²) in [5.74, 6) is -1.28. The number of nitrogens with zero attached hydrogens (tertiary/aromatic N) is 2. The van der Waals surface area contributed by atoms with E-state index in [-0.39, 0.29) is 29.0 Å². The number of hydrogen-bond acceptors (Lipinski definition) is 5. The number of amides is 1. The highest BCUT2D eigenvalue weighted by Crippen LogP contribution is 2.32. The molecule has 0 saturated carbocycles. The first-order valence-corrected chi connectivity index (χ1v) is 10.6. The number of aromatic nitrogens is 1. The van der Waals surface area contributed by atoms with Gasteiger partial charge in [0.15, 0.2) is 0 Å². The molecule has 0 bridgehead atoms. The molecule has 2 heterocycles. The number of nitrogens with one attached hydrogen (secondary N) is 1. The highest BCUT2D eigenvalue weighted by atomic mass is 35.5. The molecule has 1 saturated heterocycles. The van der Waals surface area contributed by atoms with Crippen molar-refractivity contribution in [2.24, 2.45) is 0 Å². The lowest BCUT2D eigenvalue weighted by Gasteiger charge is -2.27. The Balaban J connectivity index is 1.69. The van der Waals surface area contributed by atoms with Gasteiger partial charge in [-0.15, -0.1) is 0 Å². The SMILES string of the molecule is CSNC(=O)c1cc(Cl)c(OCC2CCCN2c2ccc(C(F)(F)F)nc2)cc1F. The molecule has 2 aromatic rings. The summed E-state index contributed by atoms with van der Waals surface area (Å²) in [4.78, 5) is 17.2. The largest absolute Gasteiger partial charge is 0.490 e. The van der Waals surface area contributed by atoms with Gasteiger partial charge in [-0.05, 0) is 31.0 Å². The van der Waals surface area contributed by atoms with Gasteiger partial charge in [-0.25, -0.2) is 9.37 Å². The molecule has 1 N–H and O–H groups in total. The number of ether oxygens (including phenoxy) is 1. The third-order valence-corrected chi connectivity index (χ3v) is 5.32. The van der Waals surface area contributed by atoms with Crippen molar-refractivity contribution in [1.82, 2.24) is 9.71 Å². The van der Waals surface area contributed by atoms with Crippen LogP contribution in [0.15, 0.2) is 30.5 Å². The minimum absolute atomic E-state index is 0.0865. The molecule has 0 spiro atoms. The van der Waals surface area contributed by atoms with Crippen LogP contribution in [0.1, 0.15) is 28.9 Å². The van der Waals surface area contributed by atoms with Gasteiger partial charge >= 0.3 is 6.18 Å². The van der Waals surface area contributed by atoms with E-state index >= 15 is 0 Å². The number of carbonyl (C=O) groups excluding carboxylic acids is 1. The summed E-state index contributed by atoms with van der Waals surface area (Å²) in [6.45, 7) is 0.785. The Bertz CT molecular complexity index is 912. The lowest BCUT2D eigenvalue weighted by Crippen LogP contribution is -2.34. The van der Waals surface area contributed by atoms with E-state index in [4.69, 9.17) is 16.3 Å². The van der Waals surface area contributed by atoms with Crippen LogP contribution in [0.3, 0.4) is 0 Å². The van der Waals surface area contributed by atoms with Crippen molar-refractivity contribution >= 4 is 35.1 Å². The topological polar surface area (TPSA) is 54.5 Å². The highest BCUT2D eigenvalue weighted by Gasteiger charge is 2.33.